The third-order valence-corrected chi connectivity index (χ3v) is 2.21. The Balaban J connectivity index is 3.05. The largest absolute Gasteiger partial charge is 0.508 e. The van der Waals surface area contributed by atoms with Crippen molar-refractivity contribution in [2.24, 2.45) is 0 Å². The lowest BCUT2D eigenvalue weighted by Crippen LogP contribution is -2.03. The Hall–Kier alpha value is -2.30. The van der Waals surface area contributed by atoms with E-state index in [1.54, 1.807) is 0 Å². The first-order valence-corrected chi connectivity index (χ1v) is 4.56. The number of fused-ring (bicyclic) bond motifs is 1. The van der Waals surface area contributed by atoms with Gasteiger partial charge in [0.15, 0.2) is 5.75 Å². The van der Waals surface area contributed by atoms with Gasteiger partial charge in [0.05, 0.1) is 12.6 Å². The maximum Gasteiger partial charge on any atom is 0.252 e. The Morgan fingerprint density at radius 1 is 1.25 bits per heavy atom. The van der Waals surface area contributed by atoms with Gasteiger partial charge >= 0.3 is 0 Å². The van der Waals surface area contributed by atoms with Crippen LogP contribution in [0.15, 0.2) is 33.9 Å². The molecule has 2 rings (SSSR count). The van der Waals surface area contributed by atoms with Gasteiger partial charge < -0.3 is 14.8 Å². The molecule has 0 aliphatic carbocycles. The highest BCUT2D eigenvalue weighted by atomic mass is 16.5. The molecule has 5 heteroatoms. The Kier molecular flexibility index (Phi) is 2.36. The molecular weight excluding hydrogens is 210 g/mol. The third kappa shape index (κ3) is 1.63. The Labute approximate surface area is 89.9 Å². The zero-order valence-electron chi connectivity index (χ0n) is 8.48. The number of phenolic OH excluding ortho intramolecular Hbond substituents is 1. The molecule has 5 nitrogen and oxygen atoms in total. The quantitative estimate of drug-likeness (QED) is 0.736. The second-order valence-corrected chi connectivity index (χ2v) is 3.26. The van der Waals surface area contributed by atoms with Crippen molar-refractivity contribution in [2.45, 2.75) is 0 Å². The lowest BCUT2D eigenvalue weighted by Gasteiger charge is -1.94. The van der Waals surface area contributed by atoms with Crippen molar-refractivity contribution < 1.29 is 9.84 Å². The second-order valence-electron chi connectivity index (χ2n) is 3.26. The molecule has 0 aliphatic rings. The molecule has 0 amide bonds. The van der Waals surface area contributed by atoms with Crippen molar-refractivity contribution in [1.82, 2.24) is 4.98 Å². The van der Waals surface area contributed by atoms with Crippen molar-refractivity contribution in [3.05, 3.63) is 44.8 Å². The van der Waals surface area contributed by atoms with Crippen LogP contribution in [0.4, 0.5) is 0 Å². The molecule has 0 fully saturated rings. The molecule has 0 aliphatic heterocycles. The molecule has 1 heterocycles. The van der Waals surface area contributed by atoms with Gasteiger partial charge in [-0.1, -0.05) is 0 Å². The van der Waals surface area contributed by atoms with Crippen LogP contribution in [0.25, 0.3) is 10.9 Å². The molecule has 2 aromatic rings. The predicted molar refractivity (Wildman–Crippen MR) is 59.1 cm³/mol. The number of rotatable bonds is 1. The van der Waals surface area contributed by atoms with Crippen LogP contribution >= 0.6 is 0 Å². The van der Waals surface area contributed by atoms with Crippen molar-refractivity contribution >= 4 is 10.9 Å². The van der Waals surface area contributed by atoms with Crippen LogP contribution in [0, 0.1) is 0 Å². The summed E-state index contributed by atoms with van der Waals surface area (Å²) in [5.74, 6) is -0.0466. The predicted octanol–water partition coefficient (Wildman–Crippen LogP) is 0.602. The van der Waals surface area contributed by atoms with Crippen molar-refractivity contribution in [3.63, 3.8) is 0 Å². The fourth-order valence-corrected chi connectivity index (χ4v) is 1.47. The number of aromatic hydroxyl groups is 1. The summed E-state index contributed by atoms with van der Waals surface area (Å²) in [4.78, 5) is 25.7. The number of ether oxygens (including phenoxy) is 1. The number of aromatic nitrogens is 1. The summed E-state index contributed by atoms with van der Waals surface area (Å²) in [5.41, 5.74) is -0.580. The van der Waals surface area contributed by atoms with Gasteiger partial charge in [0.1, 0.15) is 5.75 Å². The highest BCUT2D eigenvalue weighted by molar-refractivity contribution is 5.80. The number of benzene rings is 1. The van der Waals surface area contributed by atoms with Gasteiger partial charge in [-0.2, -0.15) is 0 Å². The average Bonchev–Trinajstić information content (AvgIpc) is 2.35. The first-order valence-electron chi connectivity index (χ1n) is 4.56. The van der Waals surface area contributed by atoms with E-state index in [0.29, 0.717) is 0 Å². The molecule has 0 spiro atoms. The molecule has 0 unspecified atom stereocenters. The van der Waals surface area contributed by atoms with E-state index in [1.165, 1.54) is 25.3 Å². The van der Waals surface area contributed by atoms with E-state index >= 15 is 0 Å². The maximum absolute atomic E-state index is 11.9. The molecule has 0 saturated carbocycles. The Morgan fingerprint density at radius 2 is 2.00 bits per heavy atom. The van der Waals surface area contributed by atoms with E-state index in [0.717, 1.165) is 6.07 Å². The highest BCUT2D eigenvalue weighted by Crippen LogP contribution is 2.15. The van der Waals surface area contributed by atoms with Crippen LogP contribution in [0.3, 0.4) is 0 Å². The van der Waals surface area contributed by atoms with E-state index in [1.807, 2.05) is 0 Å². The number of aromatic amines is 1. The number of hydrogen-bond acceptors (Lipinski definition) is 4. The number of H-pyrrole nitrogens is 1. The van der Waals surface area contributed by atoms with Crippen molar-refractivity contribution in [1.29, 1.82) is 0 Å². The number of phenols is 1. The molecule has 0 atom stereocenters. The van der Waals surface area contributed by atoms with Crippen LogP contribution in [0.2, 0.25) is 0 Å². The lowest BCUT2D eigenvalue weighted by atomic mass is 10.2. The van der Waals surface area contributed by atoms with Crippen molar-refractivity contribution in [3.8, 4) is 11.5 Å². The normalized spacial score (nSPS) is 10.3. The SMILES string of the molecule is COc1cc(=O)[nH]c2cc(O)ccc2c1=O. The Bertz CT molecular complexity index is 660. The standard InChI is InChI=1S/C11H9NO4/c1-16-9-5-10(14)12-8-4-6(13)2-3-7(8)11(9)15/h2-5,13H,1H3,(H,12,14). The minimum absolute atomic E-state index is 0.0206. The molecule has 1 aromatic heterocycles. The van der Waals surface area contributed by atoms with Gasteiger partial charge in [-0.25, -0.2) is 0 Å². The fourth-order valence-electron chi connectivity index (χ4n) is 1.47. The summed E-state index contributed by atoms with van der Waals surface area (Å²) in [5, 5.41) is 9.55. The summed E-state index contributed by atoms with van der Waals surface area (Å²) < 4.78 is 4.83. The minimum Gasteiger partial charge on any atom is -0.508 e. The molecule has 0 saturated heterocycles. The van der Waals surface area contributed by atoms with Crippen molar-refractivity contribution in [2.75, 3.05) is 7.11 Å². The zero-order chi connectivity index (χ0) is 11.7. The fraction of sp³-hybridized carbons (Fsp3) is 0.0909. The molecule has 82 valence electrons. The van der Waals surface area contributed by atoms with E-state index in [2.05, 4.69) is 4.98 Å². The summed E-state index contributed by atoms with van der Waals surface area (Å²) in [6.07, 6.45) is 0. The summed E-state index contributed by atoms with van der Waals surface area (Å²) in [6.45, 7) is 0. The zero-order valence-corrected chi connectivity index (χ0v) is 8.48. The van der Waals surface area contributed by atoms with Gasteiger partial charge in [-0.05, 0) is 12.1 Å². The van der Waals surface area contributed by atoms with Crippen LogP contribution in [-0.2, 0) is 0 Å². The van der Waals surface area contributed by atoms with Crippen LogP contribution in [0.1, 0.15) is 0 Å². The number of nitrogens with one attached hydrogen (secondary N) is 1. The van der Waals surface area contributed by atoms with E-state index < -0.39 is 11.0 Å². The first-order chi connectivity index (χ1) is 7.61. The van der Waals surface area contributed by atoms with Gasteiger partial charge in [0.25, 0.3) is 5.56 Å². The Morgan fingerprint density at radius 3 is 2.69 bits per heavy atom. The molecule has 1 aromatic carbocycles. The van der Waals surface area contributed by atoms with Gasteiger partial charge in [-0.3, -0.25) is 9.59 Å². The van der Waals surface area contributed by atoms with Crippen LogP contribution in [0.5, 0.6) is 11.5 Å². The summed E-state index contributed by atoms with van der Waals surface area (Å²) in [6, 6.07) is 5.21. The van der Waals surface area contributed by atoms with Gasteiger partial charge in [0, 0.05) is 17.5 Å². The van der Waals surface area contributed by atoms with Gasteiger partial charge in [-0.15, -0.1) is 0 Å². The van der Waals surface area contributed by atoms with E-state index in [4.69, 9.17) is 4.74 Å². The van der Waals surface area contributed by atoms with E-state index in [-0.39, 0.29) is 22.4 Å². The first kappa shape index (κ1) is 10.2. The third-order valence-electron chi connectivity index (χ3n) is 2.21. The summed E-state index contributed by atoms with van der Waals surface area (Å²) in [7, 11) is 1.32. The lowest BCUT2D eigenvalue weighted by molar-refractivity contribution is 0.411. The minimum atomic E-state index is -0.463. The number of hydrogen-bond donors (Lipinski definition) is 2. The smallest absolute Gasteiger partial charge is 0.252 e. The monoisotopic (exact) mass is 219 g/mol. The molecule has 2 N–H and O–H groups in total. The second kappa shape index (κ2) is 3.69. The maximum atomic E-state index is 11.9. The average molecular weight is 219 g/mol. The van der Waals surface area contributed by atoms with E-state index in [9.17, 15) is 14.7 Å². The van der Waals surface area contributed by atoms with Crippen LogP contribution < -0.4 is 15.7 Å². The molecular formula is C11H9NO4. The molecule has 0 radical (unpaired) electrons. The van der Waals surface area contributed by atoms with Gasteiger partial charge in [0.2, 0.25) is 5.43 Å². The topological polar surface area (TPSA) is 79.4 Å². The van der Waals surface area contributed by atoms with Crippen LogP contribution in [-0.4, -0.2) is 17.2 Å². The molecule has 16 heavy (non-hydrogen) atoms. The summed E-state index contributed by atoms with van der Waals surface area (Å²) >= 11 is 0. The number of methoxy groups -OCH3 is 1. The molecule has 0 bridgehead atoms. The highest BCUT2D eigenvalue weighted by Gasteiger charge is 2.05.